The summed E-state index contributed by atoms with van der Waals surface area (Å²) in [5.41, 5.74) is 3.52. The Bertz CT molecular complexity index is 998. The van der Waals surface area contributed by atoms with Crippen molar-refractivity contribution >= 4 is 23.4 Å². The van der Waals surface area contributed by atoms with E-state index in [-0.39, 0.29) is 23.5 Å². The number of ether oxygens (including phenoxy) is 1. The minimum absolute atomic E-state index is 0.0431. The molecule has 3 amide bonds. The smallest absolute Gasteiger partial charge is 0.266 e. The summed E-state index contributed by atoms with van der Waals surface area (Å²) in [6.45, 7) is 4.99. The lowest BCUT2D eigenvalue weighted by molar-refractivity contribution is 0.0724. The number of fused-ring (bicyclic) bond motifs is 1. The first kappa shape index (κ1) is 18.4. The van der Waals surface area contributed by atoms with E-state index in [1.807, 2.05) is 26.0 Å². The van der Waals surface area contributed by atoms with E-state index in [4.69, 9.17) is 4.74 Å². The van der Waals surface area contributed by atoms with Crippen molar-refractivity contribution in [2.24, 2.45) is 0 Å². The molecule has 2 aromatic carbocycles. The number of amides is 3. The zero-order valence-corrected chi connectivity index (χ0v) is 16.2. The predicted molar refractivity (Wildman–Crippen MR) is 105 cm³/mol. The summed E-state index contributed by atoms with van der Waals surface area (Å²) in [5.74, 6) is -0.892. The first-order valence-corrected chi connectivity index (χ1v) is 9.33. The first-order valence-electron chi connectivity index (χ1n) is 9.33. The second-order valence-corrected chi connectivity index (χ2v) is 7.39. The highest BCUT2D eigenvalue weighted by Gasteiger charge is 2.38. The lowest BCUT2D eigenvalue weighted by Gasteiger charge is -2.17. The van der Waals surface area contributed by atoms with Crippen LogP contribution in [-0.2, 0) is 4.74 Å². The number of carbonyl (C=O) groups is 3. The quantitative estimate of drug-likeness (QED) is 0.770. The molecule has 1 atom stereocenters. The normalized spacial score (nSPS) is 18.8. The van der Waals surface area contributed by atoms with Crippen molar-refractivity contribution in [1.29, 1.82) is 0 Å². The minimum Gasteiger partial charge on any atom is -0.380 e. The Morgan fingerprint density at radius 3 is 2.46 bits per heavy atom. The van der Waals surface area contributed by atoms with Crippen molar-refractivity contribution in [3.8, 4) is 0 Å². The van der Waals surface area contributed by atoms with E-state index in [1.165, 1.54) is 4.90 Å². The van der Waals surface area contributed by atoms with Gasteiger partial charge in [-0.2, -0.15) is 0 Å². The van der Waals surface area contributed by atoms with Crippen molar-refractivity contribution in [2.75, 3.05) is 25.1 Å². The van der Waals surface area contributed by atoms with Gasteiger partial charge in [0.15, 0.2) is 0 Å². The van der Waals surface area contributed by atoms with Crippen LogP contribution in [-0.4, -0.2) is 48.9 Å². The summed E-state index contributed by atoms with van der Waals surface area (Å²) in [5, 5.41) is 0. The SMILES string of the molecule is COC1CCN(C(=O)c2ccc3c(c2)C(=O)N(c2ccc(C)cc2C)C3=O)C1. The van der Waals surface area contributed by atoms with Crippen LogP contribution < -0.4 is 4.90 Å². The zero-order chi connectivity index (χ0) is 20.0. The summed E-state index contributed by atoms with van der Waals surface area (Å²) >= 11 is 0. The number of nitrogens with zero attached hydrogens (tertiary/aromatic N) is 2. The van der Waals surface area contributed by atoms with Gasteiger partial charge in [0.25, 0.3) is 17.7 Å². The number of likely N-dealkylation sites (tertiary alicyclic amines) is 1. The second kappa shape index (κ2) is 6.87. The molecule has 1 fully saturated rings. The van der Waals surface area contributed by atoms with Crippen LogP contribution in [0, 0.1) is 13.8 Å². The van der Waals surface area contributed by atoms with Crippen LogP contribution in [0.2, 0.25) is 0 Å². The van der Waals surface area contributed by atoms with Gasteiger partial charge in [-0.15, -0.1) is 0 Å². The zero-order valence-electron chi connectivity index (χ0n) is 16.2. The van der Waals surface area contributed by atoms with E-state index < -0.39 is 5.91 Å². The fourth-order valence-electron chi connectivity index (χ4n) is 3.94. The number of benzene rings is 2. The third-order valence-corrected chi connectivity index (χ3v) is 5.49. The largest absolute Gasteiger partial charge is 0.380 e. The fourth-order valence-corrected chi connectivity index (χ4v) is 3.94. The highest BCUT2D eigenvalue weighted by Crippen LogP contribution is 2.32. The van der Waals surface area contributed by atoms with Crippen LogP contribution in [0.1, 0.15) is 48.6 Å². The highest BCUT2D eigenvalue weighted by molar-refractivity contribution is 6.35. The molecule has 144 valence electrons. The molecule has 0 bridgehead atoms. The number of carbonyl (C=O) groups excluding carboxylic acids is 3. The molecule has 0 aromatic heterocycles. The number of aryl methyl sites for hydroxylation is 2. The van der Waals surface area contributed by atoms with Gasteiger partial charge in [0, 0.05) is 25.8 Å². The molecule has 0 radical (unpaired) electrons. The molecule has 2 aromatic rings. The molecule has 2 aliphatic heterocycles. The number of hydrogen-bond acceptors (Lipinski definition) is 4. The maximum absolute atomic E-state index is 13.0. The molecule has 0 N–H and O–H groups in total. The number of rotatable bonds is 3. The topological polar surface area (TPSA) is 66.9 Å². The van der Waals surface area contributed by atoms with Gasteiger partial charge in [0.05, 0.1) is 22.9 Å². The van der Waals surface area contributed by atoms with E-state index in [1.54, 1.807) is 36.3 Å². The van der Waals surface area contributed by atoms with Gasteiger partial charge in [-0.3, -0.25) is 14.4 Å². The molecule has 28 heavy (non-hydrogen) atoms. The van der Waals surface area contributed by atoms with Gasteiger partial charge in [0.2, 0.25) is 0 Å². The van der Waals surface area contributed by atoms with Crippen LogP contribution in [0.4, 0.5) is 5.69 Å². The van der Waals surface area contributed by atoms with Crippen molar-refractivity contribution in [1.82, 2.24) is 4.90 Å². The molecular weight excluding hydrogens is 356 g/mol. The summed E-state index contributed by atoms with van der Waals surface area (Å²) < 4.78 is 5.32. The molecule has 1 unspecified atom stereocenters. The van der Waals surface area contributed by atoms with Gasteiger partial charge in [-0.25, -0.2) is 4.90 Å². The molecule has 6 nitrogen and oxygen atoms in total. The average Bonchev–Trinajstić information content (AvgIpc) is 3.26. The van der Waals surface area contributed by atoms with Gasteiger partial charge < -0.3 is 9.64 Å². The van der Waals surface area contributed by atoms with Crippen LogP contribution >= 0.6 is 0 Å². The molecule has 4 rings (SSSR count). The number of methoxy groups -OCH3 is 1. The molecule has 0 aliphatic carbocycles. The minimum atomic E-state index is -0.391. The van der Waals surface area contributed by atoms with Crippen LogP contribution in [0.25, 0.3) is 0 Å². The van der Waals surface area contributed by atoms with E-state index in [0.717, 1.165) is 17.5 Å². The Labute approximate surface area is 163 Å². The molecule has 1 saturated heterocycles. The van der Waals surface area contributed by atoms with E-state index in [0.29, 0.717) is 29.9 Å². The Hall–Kier alpha value is -2.99. The van der Waals surface area contributed by atoms with Crippen LogP contribution in [0.15, 0.2) is 36.4 Å². The van der Waals surface area contributed by atoms with E-state index in [9.17, 15) is 14.4 Å². The number of hydrogen-bond donors (Lipinski definition) is 0. The Morgan fingerprint density at radius 2 is 1.79 bits per heavy atom. The molecule has 2 heterocycles. The lowest BCUT2D eigenvalue weighted by Crippen LogP contribution is -2.30. The summed E-state index contributed by atoms with van der Waals surface area (Å²) in [6, 6.07) is 10.3. The fraction of sp³-hybridized carbons (Fsp3) is 0.318. The monoisotopic (exact) mass is 378 g/mol. The van der Waals surface area contributed by atoms with Crippen molar-refractivity contribution < 1.29 is 19.1 Å². The van der Waals surface area contributed by atoms with Gasteiger partial charge >= 0.3 is 0 Å². The maximum atomic E-state index is 13.0. The molecule has 0 saturated carbocycles. The average molecular weight is 378 g/mol. The number of anilines is 1. The first-order chi connectivity index (χ1) is 13.4. The predicted octanol–water partition coefficient (Wildman–Crippen LogP) is 2.96. The molecule has 0 spiro atoms. The second-order valence-electron chi connectivity index (χ2n) is 7.39. The molecular formula is C22H22N2O4. The van der Waals surface area contributed by atoms with Gasteiger partial charge in [0.1, 0.15) is 0 Å². The Balaban J connectivity index is 1.65. The van der Waals surface area contributed by atoms with E-state index >= 15 is 0 Å². The van der Waals surface area contributed by atoms with Crippen molar-refractivity contribution in [3.05, 3.63) is 64.2 Å². The van der Waals surface area contributed by atoms with Crippen LogP contribution in [0.3, 0.4) is 0 Å². The van der Waals surface area contributed by atoms with Gasteiger partial charge in [-0.05, 0) is 50.1 Å². The summed E-state index contributed by atoms with van der Waals surface area (Å²) in [7, 11) is 1.64. The van der Waals surface area contributed by atoms with Crippen molar-refractivity contribution in [3.63, 3.8) is 0 Å². The Morgan fingerprint density at radius 1 is 1.04 bits per heavy atom. The Kier molecular flexibility index (Phi) is 4.51. The molecule has 6 heteroatoms. The van der Waals surface area contributed by atoms with Crippen molar-refractivity contribution in [2.45, 2.75) is 26.4 Å². The third kappa shape index (κ3) is 2.90. The third-order valence-electron chi connectivity index (χ3n) is 5.49. The lowest BCUT2D eigenvalue weighted by atomic mass is 10.0. The summed E-state index contributed by atoms with van der Waals surface area (Å²) in [4.78, 5) is 41.6. The standard InChI is InChI=1S/C22H22N2O4/c1-13-4-7-19(14(2)10-13)24-21(26)17-6-5-15(11-18(17)22(24)27)20(25)23-9-8-16(12-23)28-3/h4-7,10-11,16H,8-9,12H2,1-3H3. The van der Waals surface area contributed by atoms with E-state index in [2.05, 4.69) is 0 Å². The molecule has 2 aliphatic rings. The van der Waals surface area contributed by atoms with Gasteiger partial charge in [-0.1, -0.05) is 17.7 Å². The number of imide groups is 1. The highest BCUT2D eigenvalue weighted by atomic mass is 16.5. The maximum Gasteiger partial charge on any atom is 0.266 e. The van der Waals surface area contributed by atoms with Crippen LogP contribution in [0.5, 0.6) is 0 Å². The summed E-state index contributed by atoms with van der Waals surface area (Å²) in [6.07, 6.45) is 0.840.